The van der Waals surface area contributed by atoms with Gasteiger partial charge in [-0.3, -0.25) is 9.78 Å². The summed E-state index contributed by atoms with van der Waals surface area (Å²) in [4.78, 5) is 18.5. The zero-order valence-electron chi connectivity index (χ0n) is 15.3. The Morgan fingerprint density at radius 3 is 2.63 bits per heavy atom. The van der Waals surface area contributed by atoms with Crippen LogP contribution in [-0.2, 0) is 6.42 Å². The van der Waals surface area contributed by atoms with Crippen molar-refractivity contribution in [2.75, 3.05) is 23.3 Å². The zero-order chi connectivity index (χ0) is 18.6. The topological polar surface area (TPSA) is 73.9 Å². The first-order valence-corrected chi connectivity index (χ1v) is 10.2. The molecule has 1 saturated heterocycles. The number of anilines is 3. The largest absolute Gasteiger partial charge is 0.372 e. The summed E-state index contributed by atoms with van der Waals surface area (Å²) in [7, 11) is 0. The maximum atomic E-state index is 12.2. The standard InChI is InChI=1S/C20H23N5OS/c1-14-8-10-25(11-9-14)16-6-4-15(5-7-16)21-20-22-19(26)18(23-24-20)13-17-3-2-12-27-17/h2-7,12,14H,8-11,13H2,1H3,(H2,21,22,24,26). The van der Waals surface area contributed by atoms with Crippen molar-refractivity contribution in [3.05, 3.63) is 62.7 Å². The molecule has 2 N–H and O–H groups in total. The second-order valence-electron chi connectivity index (χ2n) is 7.05. The van der Waals surface area contributed by atoms with E-state index in [1.165, 1.54) is 18.5 Å². The van der Waals surface area contributed by atoms with Crippen molar-refractivity contribution in [2.45, 2.75) is 26.2 Å². The highest BCUT2D eigenvalue weighted by atomic mass is 32.1. The number of H-pyrrole nitrogens is 1. The van der Waals surface area contributed by atoms with Gasteiger partial charge in [0, 0.05) is 35.8 Å². The molecule has 140 valence electrons. The van der Waals surface area contributed by atoms with Gasteiger partial charge in [-0.25, -0.2) is 0 Å². The van der Waals surface area contributed by atoms with E-state index in [9.17, 15) is 4.79 Å². The molecule has 2 aromatic heterocycles. The maximum Gasteiger partial charge on any atom is 0.274 e. The number of aromatic nitrogens is 3. The first-order valence-electron chi connectivity index (χ1n) is 9.27. The molecule has 1 fully saturated rings. The summed E-state index contributed by atoms with van der Waals surface area (Å²) < 4.78 is 0. The zero-order valence-corrected chi connectivity index (χ0v) is 16.1. The van der Waals surface area contributed by atoms with Crippen LogP contribution in [0.15, 0.2) is 46.6 Å². The average molecular weight is 382 g/mol. The van der Waals surface area contributed by atoms with Gasteiger partial charge in [0.1, 0.15) is 5.69 Å². The lowest BCUT2D eigenvalue weighted by atomic mass is 9.99. The van der Waals surface area contributed by atoms with Crippen LogP contribution in [0.4, 0.5) is 17.3 Å². The summed E-state index contributed by atoms with van der Waals surface area (Å²) in [6, 6.07) is 12.2. The van der Waals surface area contributed by atoms with Gasteiger partial charge in [-0.2, -0.15) is 0 Å². The van der Waals surface area contributed by atoms with E-state index >= 15 is 0 Å². The van der Waals surface area contributed by atoms with Crippen molar-refractivity contribution in [2.24, 2.45) is 5.92 Å². The van der Waals surface area contributed by atoms with Crippen LogP contribution in [0.2, 0.25) is 0 Å². The number of hydrogen-bond acceptors (Lipinski definition) is 6. The molecule has 7 heteroatoms. The summed E-state index contributed by atoms with van der Waals surface area (Å²) in [6.07, 6.45) is 2.99. The van der Waals surface area contributed by atoms with Gasteiger partial charge in [-0.05, 0) is 54.5 Å². The minimum absolute atomic E-state index is 0.208. The van der Waals surface area contributed by atoms with Crippen LogP contribution >= 0.6 is 11.3 Å². The summed E-state index contributed by atoms with van der Waals surface area (Å²) in [5.74, 6) is 1.18. The number of rotatable bonds is 5. The molecule has 0 spiro atoms. The molecule has 0 bridgehead atoms. The van der Waals surface area contributed by atoms with Crippen LogP contribution in [0.25, 0.3) is 0 Å². The lowest BCUT2D eigenvalue weighted by Gasteiger charge is -2.32. The number of aromatic amines is 1. The van der Waals surface area contributed by atoms with Crippen LogP contribution < -0.4 is 15.8 Å². The van der Waals surface area contributed by atoms with Crippen LogP contribution in [-0.4, -0.2) is 28.3 Å². The third-order valence-corrected chi connectivity index (χ3v) is 5.84. The number of nitrogens with zero attached hydrogens (tertiary/aromatic N) is 3. The summed E-state index contributed by atoms with van der Waals surface area (Å²) in [6.45, 7) is 4.54. The van der Waals surface area contributed by atoms with Crippen LogP contribution in [0.3, 0.4) is 0 Å². The van der Waals surface area contributed by atoms with E-state index in [4.69, 9.17) is 0 Å². The molecule has 27 heavy (non-hydrogen) atoms. The van der Waals surface area contributed by atoms with Gasteiger partial charge in [-0.1, -0.05) is 13.0 Å². The molecule has 1 aliphatic rings. The number of benzene rings is 1. The van der Waals surface area contributed by atoms with Gasteiger partial charge < -0.3 is 10.2 Å². The van der Waals surface area contributed by atoms with E-state index < -0.39 is 0 Å². The molecule has 1 aliphatic heterocycles. The van der Waals surface area contributed by atoms with Crippen LogP contribution in [0, 0.1) is 5.92 Å². The fraction of sp³-hybridized carbons (Fsp3) is 0.350. The fourth-order valence-corrected chi connectivity index (χ4v) is 3.98. The Morgan fingerprint density at radius 1 is 1.19 bits per heavy atom. The summed E-state index contributed by atoms with van der Waals surface area (Å²) in [5.41, 5.74) is 2.33. The molecule has 0 aliphatic carbocycles. The predicted octanol–water partition coefficient (Wildman–Crippen LogP) is 3.80. The molecule has 4 rings (SSSR count). The SMILES string of the molecule is CC1CCN(c2ccc(Nc3nnc(Cc4cccs4)c(=O)[nH]3)cc2)CC1. The monoisotopic (exact) mass is 381 g/mol. The molecule has 1 aromatic carbocycles. The molecule has 0 unspecified atom stereocenters. The molecule has 3 aromatic rings. The van der Waals surface area contributed by atoms with E-state index in [0.29, 0.717) is 18.1 Å². The Bertz CT molecular complexity index is 928. The summed E-state index contributed by atoms with van der Waals surface area (Å²) in [5, 5.41) is 13.3. The first kappa shape index (κ1) is 17.7. The Morgan fingerprint density at radius 2 is 1.96 bits per heavy atom. The Balaban J connectivity index is 1.41. The quantitative estimate of drug-likeness (QED) is 0.703. The third-order valence-electron chi connectivity index (χ3n) is 4.97. The van der Waals surface area contributed by atoms with Gasteiger partial charge in [0.2, 0.25) is 5.95 Å². The fourth-order valence-electron chi connectivity index (χ4n) is 3.27. The predicted molar refractivity (Wildman–Crippen MR) is 110 cm³/mol. The molecule has 0 saturated carbocycles. The smallest absolute Gasteiger partial charge is 0.274 e. The second kappa shape index (κ2) is 7.92. The van der Waals surface area contributed by atoms with Gasteiger partial charge in [0.05, 0.1) is 0 Å². The highest BCUT2D eigenvalue weighted by molar-refractivity contribution is 7.09. The van der Waals surface area contributed by atoms with E-state index in [-0.39, 0.29) is 5.56 Å². The number of hydrogen-bond donors (Lipinski definition) is 2. The summed E-state index contributed by atoms with van der Waals surface area (Å²) >= 11 is 1.61. The van der Waals surface area contributed by atoms with E-state index in [1.807, 2.05) is 29.6 Å². The van der Waals surface area contributed by atoms with Crippen molar-refractivity contribution in [3.8, 4) is 0 Å². The Kier molecular flexibility index (Phi) is 5.20. The third kappa shape index (κ3) is 4.36. The molecule has 3 heterocycles. The first-order chi connectivity index (χ1) is 13.2. The highest BCUT2D eigenvalue weighted by Gasteiger charge is 2.15. The van der Waals surface area contributed by atoms with Gasteiger partial charge in [0.15, 0.2) is 0 Å². The molecule has 0 atom stereocenters. The minimum atomic E-state index is -0.208. The van der Waals surface area contributed by atoms with Crippen molar-refractivity contribution in [1.29, 1.82) is 0 Å². The van der Waals surface area contributed by atoms with E-state index in [1.54, 1.807) is 11.3 Å². The number of nitrogens with one attached hydrogen (secondary N) is 2. The van der Waals surface area contributed by atoms with Crippen LogP contribution in [0.5, 0.6) is 0 Å². The van der Waals surface area contributed by atoms with Crippen LogP contribution in [0.1, 0.15) is 30.3 Å². The van der Waals surface area contributed by atoms with Crippen molar-refractivity contribution in [1.82, 2.24) is 15.2 Å². The van der Waals surface area contributed by atoms with Gasteiger partial charge >= 0.3 is 0 Å². The maximum absolute atomic E-state index is 12.2. The van der Waals surface area contributed by atoms with E-state index in [2.05, 4.69) is 44.5 Å². The van der Waals surface area contributed by atoms with Gasteiger partial charge in [-0.15, -0.1) is 21.5 Å². The van der Waals surface area contributed by atoms with Crippen molar-refractivity contribution in [3.63, 3.8) is 0 Å². The number of thiophene rings is 1. The molecular weight excluding hydrogens is 358 g/mol. The van der Waals surface area contributed by atoms with Gasteiger partial charge in [0.25, 0.3) is 5.56 Å². The Hall–Kier alpha value is -2.67. The average Bonchev–Trinajstić information content (AvgIpc) is 3.19. The molecular formula is C20H23N5OS. The molecule has 0 amide bonds. The second-order valence-corrected chi connectivity index (χ2v) is 8.08. The lowest BCUT2D eigenvalue weighted by molar-refractivity contribution is 0.438. The lowest BCUT2D eigenvalue weighted by Crippen LogP contribution is -2.32. The molecule has 0 radical (unpaired) electrons. The van der Waals surface area contributed by atoms with Crippen molar-refractivity contribution >= 4 is 28.7 Å². The normalized spacial score (nSPS) is 15.1. The van der Waals surface area contributed by atoms with Crippen molar-refractivity contribution < 1.29 is 0 Å². The Labute approximate surface area is 162 Å². The number of piperidine rings is 1. The van der Waals surface area contributed by atoms with E-state index in [0.717, 1.165) is 29.6 Å². The molecule has 6 nitrogen and oxygen atoms in total. The highest BCUT2D eigenvalue weighted by Crippen LogP contribution is 2.24. The minimum Gasteiger partial charge on any atom is -0.372 e.